The fraction of sp³-hybridized carbons (Fsp3) is 0.375. The van der Waals surface area contributed by atoms with E-state index in [4.69, 9.17) is 11.6 Å². The van der Waals surface area contributed by atoms with Crippen molar-refractivity contribution in [3.05, 3.63) is 40.5 Å². The van der Waals surface area contributed by atoms with E-state index in [1.165, 1.54) is 24.2 Å². The summed E-state index contributed by atoms with van der Waals surface area (Å²) in [5.74, 6) is 0.0238. The number of aromatic nitrogens is 1. The van der Waals surface area contributed by atoms with E-state index in [9.17, 15) is 4.79 Å². The smallest absolute Gasteiger partial charge is 0.261 e. The molecule has 2 saturated heterocycles. The quantitative estimate of drug-likeness (QED) is 0.849. The number of hydrogen-bond donors (Lipinski definition) is 2. The molecule has 4 heterocycles. The minimum absolute atomic E-state index is 0.0238. The average molecular weight is 334 g/mol. The van der Waals surface area contributed by atoms with E-state index in [0.717, 1.165) is 21.7 Å². The van der Waals surface area contributed by atoms with Gasteiger partial charge in [0.05, 0.1) is 4.88 Å². The van der Waals surface area contributed by atoms with Gasteiger partial charge in [-0.05, 0) is 49.1 Å². The van der Waals surface area contributed by atoms with E-state index >= 15 is 0 Å². The zero-order valence-corrected chi connectivity index (χ0v) is 13.5. The minimum atomic E-state index is 0.0238. The lowest BCUT2D eigenvalue weighted by Crippen LogP contribution is -2.42. The number of thiophene rings is 1. The van der Waals surface area contributed by atoms with Gasteiger partial charge in [0.15, 0.2) is 0 Å². The molecule has 2 aromatic heterocycles. The largest absolute Gasteiger partial charge is 0.347 e. The van der Waals surface area contributed by atoms with Crippen LogP contribution in [0.1, 0.15) is 28.9 Å². The Bertz CT molecular complexity index is 717. The zero-order chi connectivity index (χ0) is 15.1. The number of halogens is 1. The normalized spacial score (nSPS) is 26.3. The molecule has 1 amide bonds. The fourth-order valence-electron chi connectivity index (χ4n) is 3.39. The Kier molecular flexibility index (Phi) is 3.64. The summed E-state index contributed by atoms with van der Waals surface area (Å²) in [5, 5.41) is 7.18. The van der Waals surface area contributed by atoms with Crippen molar-refractivity contribution in [2.75, 3.05) is 0 Å². The van der Waals surface area contributed by atoms with Gasteiger partial charge >= 0.3 is 0 Å². The minimum Gasteiger partial charge on any atom is -0.347 e. The number of nitrogens with zero attached hydrogens (tertiary/aromatic N) is 1. The molecule has 0 aromatic carbocycles. The van der Waals surface area contributed by atoms with Crippen molar-refractivity contribution in [2.24, 2.45) is 0 Å². The predicted octanol–water partition coefficient (Wildman–Crippen LogP) is 3.09. The molecule has 2 fully saturated rings. The van der Waals surface area contributed by atoms with Crippen molar-refractivity contribution in [3.63, 3.8) is 0 Å². The standard InChI is InChI=1S/C16H16ClN3OS/c17-15-7-9(5-6-18-15)13-3-4-14(22-13)16(21)20-12-8-10-1-2-11(12)19-10/h3-7,10-12,19H,1-2,8H2,(H,20,21)/t10-,11+,12-/m1/s1. The van der Waals surface area contributed by atoms with Crippen LogP contribution in [0.4, 0.5) is 0 Å². The molecule has 2 bridgehead atoms. The highest BCUT2D eigenvalue weighted by Crippen LogP contribution is 2.31. The Labute approximate surface area is 137 Å². The van der Waals surface area contributed by atoms with Gasteiger partial charge in [-0.1, -0.05) is 11.6 Å². The van der Waals surface area contributed by atoms with Crippen molar-refractivity contribution in [1.82, 2.24) is 15.6 Å². The van der Waals surface area contributed by atoms with Gasteiger partial charge in [-0.3, -0.25) is 4.79 Å². The molecule has 3 atom stereocenters. The third-order valence-corrected chi connectivity index (χ3v) is 5.80. The van der Waals surface area contributed by atoms with Crippen LogP contribution in [0.15, 0.2) is 30.5 Å². The molecule has 0 spiro atoms. The first-order valence-corrected chi connectivity index (χ1v) is 8.67. The van der Waals surface area contributed by atoms with Crippen molar-refractivity contribution < 1.29 is 4.79 Å². The maximum Gasteiger partial charge on any atom is 0.261 e. The fourth-order valence-corrected chi connectivity index (χ4v) is 4.47. The second kappa shape index (κ2) is 5.65. The molecule has 0 aliphatic carbocycles. The highest BCUT2D eigenvalue weighted by molar-refractivity contribution is 7.17. The van der Waals surface area contributed by atoms with Crippen molar-refractivity contribution in [1.29, 1.82) is 0 Å². The summed E-state index contributed by atoms with van der Waals surface area (Å²) in [4.78, 5) is 18.2. The molecule has 4 nitrogen and oxygen atoms in total. The molecule has 2 aromatic rings. The number of amides is 1. The Morgan fingerprint density at radius 2 is 2.27 bits per heavy atom. The number of carbonyl (C=O) groups is 1. The first kappa shape index (κ1) is 14.2. The second-order valence-electron chi connectivity index (χ2n) is 5.89. The van der Waals surface area contributed by atoms with Gasteiger partial charge in [0.1, 0.15) is 5.15 Å². The average Bonchev–Trinajstić information content (AvgIpc) is 3.23. The number of hydrogen-bond acceptors (Lipinski definition) is 4. The molecule has 0 unspecified atom stereocenters. The molecule has 6 heteroatoms. The Balaban J connectivity index is 1.48. The van der Waals surface area contributed by atoms with E-state index < -0.39 is 0 Å². The van der Waals surface area contributed by atoms with E-state index in [2.05, 4.69) is 15.6 Å². The molecule has 2 aliphatic heterocycles. The van der Waals surface area contributed by atoms with Crippen molar-refractivity contribution >= 4 is 28.8 Å². The van der Waals surface area contributed by atoms with Gasteiger partial charge in [-0.2, -0.15) is 0 Å². The van der Waals surface area contributed by atoms with Crippen LogP contribution in [0, 0.1) is 0 Å². The van der Waals surface area contributed by atoms with Crippen LogP contribution in [0.2, 0.25) is 5.15 Å². The first-order valence-electron chi connectivity index (χ1n) is 7.48. The van der Waals surface area contributed by atoms with Gasteiger partial charge in [-0.25, -0.2) is 4.98 Å². The lowest BCUT2D eigenvalue weighted by Gasteiger charge is -2.20. The summed E-state index contributed by atoms with van der Waals surface area (Å²) >= 11 is 7.41. The summed E-state index contributed by atoms with van der Waals surface area (Å²) in [7, 11) is 0. The molecule has 4 rings (SSSR count). The van der Waals surface area contributed by atoms with Gasteiger partial charge in [0.25, 0.3) is 5.91 Å². The van der Waals surface area contributed by atoms with Gasteiger partial charge in [0.2, 0.25) is 0 Å². The topological polar surface area (TPSA) is 54.0 Å². The summed E-state index contributed by atoms with van der Waals surface area (Å²) < 4.78 is 0. The third-order valence-electron chi connectivity index (χ3n) is 4.46. The van der Waals surface area contributed by atoms with E-state index in [1.807, 2.05) is 24.3 Å². The lowest BCUT2D eigenvalue weighted by molar-refractivity contribution is 0.0935. The van der Waals surface area contributed by atoms with Crippen LogP contribution in [-0.2, 0) is 0 Å². The Hall–Kier alpha value is -1.43. The van der Waals surface area contributed by atoms with E-state index in [0.29, 0.717) is 17.2 Å². The van der Waals surface area contributed by atoms with E-state index in [1.54, 1.807) is 6.20 Å². The number of carbonyl (C=O) groups excluding carboxylic acids is 1. The van der Waals surface area contributed by atoms with Gasteiger partial charge in [-0.15, -0.1) is 11.3 Å². The van der Waals surface area contributed by atoms with Crippen LogP contribution >= 0.6 is 22.9 Å². The van der Waals surface area contributed by atoms with Gasteiger partial charge < -0.3 is 10.6 Å². The van der Waals surface area contributed by atoms with Crippen LogP contribution in [0.5, 0.6) is 0 Å². The summed E-state index contributed by atoms with van der Waals surface area (Å²) in [6.07, 6.45) is 5.14. The van der Waals surface area contributed by atoms with Crippen molar-refractivity contribution in [3.8, 4) is 10.4 Å². The highest BCUT2D eigenvalue weighted by Gasteiger charge is 2.39. The van der Waals surface area contributed by atoms with Gasteiger partial charge in [0, 0.05) is 29.2 Å². The highest BCUT2D eigenvalue weighted by atomic mass is 35.5. The predicted molar refractivity (Wildman–Crippen MR) is 88.4 cm³/mol. The maximum atomic E-state index is 12.4. The molecule has 114 valence electrons. The lowest BCUT2D eigenvalue weighted by atomic mass is 9.95. The SMILES string of the molecule is O=C(N[C@@H]1C[C@H]2CC[C@@H]1N2)c1ccc(-c2ccnc(Cl)c2)s1. The van der Waals surface area contributed by atoms with Crippen LogP contribution < -0.4 is 10.6 Å². The summed E-state index contributed by atoms with van der Waals surface area (Å²) in [5.41, 5.74) is 0.991. The molecular formula is C16H16ClN3OS. The number of nitrogens with one attached hydrogen (secondary N) is 2. The zero-order valence-electron chi connectivity index (χ0n) is 11.9. The molecule has 0 saturated carbocycles. The number of fused-ring (bicyclic) bond motifs is 2. The van der Waals surface area contributed by atoms with E-state index in [-0.39, 0.29) is 11.9 Å². The number of pyridine rings is 1. The number of rotatable bonds is 3. The molecule has 2 aliphatic rings. The summed E-state index contributed by atoms with van der Waals surface area (Å²) in [6.45, 7) is 0. The van der Waals surface area contributed by atoms with Crippen LogP contribution in [0.25, 0.3) is 10.4 Å². The van der Waals surface area contributed by atoms with Crippen LogP contribution in [-0.4, -0.2) is 29.0 Å². The molecular weight excluding hydrogens is 318 g/mol. The maximum absolute atomic E-state index is 12.4. The Morgan fingerprint density at radius 3 is 3.00 bits per heavy atom. The van der Waals surface area contributed by atoms with Crippen molar-refractivity contribution in [2.45, 2.75) is 37.4 Å². The first-order chi connectivity index (χ1) is 10.7. The monoisotopic (exact) mass is 333 g/mol. The molecule has 2 N–H and O–H groups in total. The molecule has 0 radical (unpaired) electrons. The second-order valence-corrected chi connectivity index (χ2v) is 7.37. The Morgan fingerprint density at radius 1 is 1.36 bits per heavy atom. The van der Waals surface area contributed by atoms with Crippen LogP contribution in [0.3, 0.4) is 0 Å². The summed E-state index contributed by atoms with van der Waals surface area (Å²) in [6, 6.07) is 8.87. The molecule has 22 heavy (non-hydrogen) atoms. The third kappa shape index (κ3) is 2.64.